The molecule has 146 valence electrons. The normalized spacial score (nSPS) is 11.3. The monoisotopic (exact) mass is 386 g/mol. The maximum Gasteiger partial charge on any atom is 0.405 e. The van der Waals surface area contributed by atoms with E-state index in [0.717, 1.165) is 17.4 Å². The molecule has 7 nitrogen and oxygen atoms in total. The van der Waals surface area contributed by atoms with Crippen LogP contribution in [0.15, 0.2) is 33.5 Å². The molecule has 0 radical (unpaired) electrons. The fraction of sp³-hybridized carbons (Fsp3) is 0.353. The van der Waals surface area contributed by atoms with E-state index in [-0.39, 0.29) is 11.3 Å². The van der Waals surface area contributed by atoms with Crippen LogP contribution in [0.5, 0.6) is 5.75 Å². The number of carbonyl (C=O) groups excluding carboxylic acids is 2. The third kappa shape index (κ3) is 6.32. The average molecular weight is 386 g/mol. The summed E-state index contributed by atoms with van der Waals surface area (Å²) in [5.74, 6) is -0.735. The van der Waals surface area contributed by atoms with Crippen LogP contribution in [0.25, 0.3) is 11.0 Å². The summed E-state index contributed by atoms with van der Waals surface area (Å²) in [5, 5.41) is 3.94. The SMILES string of the molecule is CCCc1cc(=O)oc2cc(OCC(=O)NC(=O)NCC(F)(F)F)ccc12. The highest BCUT2D eigenvalue weighted by Crippen LogP contribution is 2.23. The van der Waals surface area contributed by atoms with Crippen LogP contribution in [0, 0.1) is 0 Å². The average Bonchev–Trinajstić information content (AvgIpc) is 2.57. The first kappa shape index (κ1) is 20.3. The summed E-state index contributed by atoms with van der Waals surface area (Å²) in [4.78, 5) is 34.3. The summed E-state index contributed by atoms with van der Waals surface area (Å²) in [6.07, 6.45) is -3.05. The van der Waals surface area contributed by atoms with Gasteiger partial charge in [-0.3, -0.25) is 10.1 Å². The van der Waals surface area contributed by atoms with E-state index in [1.807, 2.05) is 6.92 Å². The summed E-state index contributed by atoms with van der Waals surface area (Å²) in [6, 6.07) is 4.78. The number of amides is 3. The second kappa shape index (κ2) is 8.56. The molecule has 0 aliphatic rings. The molecule has 2 N–H and O–H groups in total. The zero-order chi connectivity index (χ0) is 20.0. The standard InChI is InChI=1S/C17H17F3N2O5/c1-2-3-10-6-15(24)27-13-7-11(4-5-12(10)13)26-8-14(23)22-16(25)21-9-17(18,19)20/h4-7H,2-3,8-9H2,1H3,(H2,21,22,23,25). The van der Waals surface area contributed by atoms with E-state index >= 15 is 0 Å². The molecular formula is C17H17F3N2O5. The largest absolute Gasteiger partial charge is 0.484 e. The van der Waals surface area contributed by atoms with Crippen molar-refractivity contribution in [1.82, 2.24) is 10.6 Å². The van der Waals surface area contributed by atoms with Gasteiger partial charge in [0.15, 0.2) is 6.61 Å². The van der Waals surface area contributed by atoms with Gasteiger partial charge in [0.1, 0.15) is 17.9 Å². The molecule has 27 heavy (non-hydrogen) atoms. The lowest BCUT2D eigenvalue weighted by Crippen LogP contribution is -2.44. The van der Waals surface area contributed by atoms with Crippen LogP contribution < -0.4 is 21.0 Å². The molecule has 1 aromatic carbocycles. The van der Waals surface area contributed by atoms with Gasteiger partial charge in [-0.15, -0.1) is 0 Å². The topological polar surface area (TPSA) is 97.6 Å². The van der Waals surface area contributed by atoms with Crippen LogP contribution in [0.4, 0.5) is 18.0 Å². The van der Waals surface area contributed by atoms with E-state index in [4.69, 9.17) is 9.15 Å². The first-order valence-corrected chi connectivity index (χ1v) is 8.02. The van der Waals surface area contributed by atoms with Crippen molar-refractivity contribution in [2.45, 2.75) is 25.9 Å². The summed E-state index contributed by atoms with van der Waals surface area (Å²) in [7, 11) is 0. The molecule has 0 unspecified atom stereocenters. The molecule has 0 saturated heterocycles. The van der Waals surface area contributed by atoms with E-state index < -0.39 is 36.9 Å². The maximum absolute atomic E-state index is 12.0. The molecular weight excluding hydrogens is 369 g/mol. The molecule has 2 aromatic rings. The fourth-order valence-corrected chi connectivity index (χ4v) is 2.31. The number of benzene rings is 1. The second-order valence-electron chi connectivity index (χ2n) is 5.63. The van der Waals surface area contributed by atoms with Crippen LogP contribution in [0.1, 0.15) is 18.9 Å². The minimum Gasteiger partial charge on any atom is -0.484 e. The lowest BCUT2D eigenvalue weighted by molar-refractivity contribution is -0.125. The van der Waals surface area contributed by atoms with Gasteiger partial charge in [-0.2, -0.15) is 13.2 Å². The first-order valence-electron chi connectivity index (χ1n) is 8.02. The van der Waals surface area contributed by atoms with Crippen molar-refractivity contribution in [1.29, 1.82) is 0 Å². The Kier molecular flexibility index (Phi) is 6.43. The Balaban J connectivity index is 1.97. The number of imide groups is 1. The number of carbonyl (C=O) groups is 2. The van der Waals surface area contributed by atoms with E-state index in [1.54, 1.807) is 17.4 Å². The molecule has 0 spiro atoms. The van der Waals surface area contributed by atoms with Crippen LogP contribution in [-0.4, -0.2) is 31.3 Å². The number of hydrogen-bond acceptors (Lipinski definition) is 5. The summed E-state index contributed by atoms with van der Waals surface area (Å²) >= 11 is 0. The number of aryl methyl sites for hydroxylation is 1. The van der Waals surface area contributed by atoms with Gasteiger partial charge in [-0.1, -0.05) is 13.3 Å². The van der Waals surface area contributed by atoms with Crippen LogP contribution in [0.2, 0.25) is 0 Å². The highest BCUT2D eigenvalue weighted by molar-refractivity contribution is 5.95. The van der Waals surface area contributed by atoms with Gasteiger partial charge in [-0.25, -0.2) is 9.59 Å². The molecule has 2 rings (SSSR count). The van der Waals surface area contributed by atoms with E-state index in [1.165, 1.54) is 17.4 Å². The Morgan fingerprint density at radius 1 is 1.22 bits per heavy atom. The zero-order valence-electron chi connectivity index (χ0n) is 14.3. The fourth-order valence-electron chi connectivity index (χ4n) is 2.31. The smallest absolute Gasteiger partial charge is 0.405 e. The lowest BCUT2D eigenvalue weighted by Gasteiger charge is -2.10. The molecule has 0 fully saturated rings. The third-order valence-electron chi connectivity index (χ3n) is 3.39. The first-order chi connectivity index (χ1) is 12.7. The number of halogens is 3. The van der Waals surface area contributed by atoms with Crippen molar-refractivity contribution >= 4 is 22.9 Å². The van der Waals surface area contributed by atoms with Gasteiger partial charge in [0.2, 0.25) is 0 Å². The molecule has 1 aromatic heterocycles. The molecule has 0 aliphatic heterocycles. The molecule has 10 heteroatoms. The van der Waals surface area contributed by atoms with Gasteiger partial charge in [0, 0.05) is 17.5 Å². The van der Waals surface area contributed by atoms with Crippen molar-refractivity contribution in [2.24, 2.45) is 0 Å². The predicted molar refractivity (Wildman–Crippen MR) is 89.6 cm³/mol. The second-order valence-corrected chi connectivity index (χ2v) is 5.63. The summed E-state index contributed by atoms with van der Waals surface area (Å²) in [5.41, 5.74) is 0.600. The Hall–Kier alpha value is -3.04. The van der Waals surface area contributed by atoms with Gasteiger partial charge in [0.25, 0.3) is 5.91 Å². The molecule has 0 saturated carbocycles. The van der Waals surface area contributed by atoms with E-state index in [9.17, 15) is 27.6 Å². The molecule has 1 heterocycles. The number of ether oxygens (including phenoxy) is 1. The van der Waals surface area contributed by atoms with Gasteiger partial charge in [0.05, 0.1) is 0 Å². The number of nitrogens with one attached hydrogen (secondary N) is 2. The Morgan fingerprint density at radius 2 is 1.96 bits per heavy atom. The highest BCUT2D eigenvalue weighted by Gasteiger charge is 2.28. The predicted octanol–water partition coefficient (Wildman–Crippen LogP) is 2.51. The Morgan fingerprint density at radius 3 is 2.63 bits per heavy atom. The highest BCUT2D eigenvalue weighted by atomic mass is 19.4. The quantitative estimate of drug-likeness (QED) is 0.744. The molecule has 3 amide bonds. The van der Waals surface area contributed by atoms with Crippen LogP contribution in [-0.2, 0) is 11.2 Å². The summed E-state index contributed by atoms with van der Waals surface area (Å²) in [6.45, 7) is -0.192. The van der Waals surface area contributed by atoms with Crippen LogP contribution >= 0.6 is 0 Å². The van der Waals surface area contributed by atoms with Crippen LogP contribution in [0.3, 0.4) is 0 Å². The number of urea groups is 1. The van der Waals surface area contributed by atoms with Crippen molar-refractivity contribution in [2.75, 3.05) is 13.2 Å². The zero-order valence-corrected chi connectivity index (χ0v) is 14.3. The molecule has 0 atom stereocenters. The number of fused-ring (bicyclic) bond motifs is 1. The van der Waals surface area contributed by atoms with Crippen molar-refractivity contribution in [3.8, 4) is 5.75 Å². The van der Waals surface area contributed by atoms with Gasteiger partial charge >= 0.3 is 17.8 Å². The number of rotatable bonds is 6. The molecule has 0 bridgehead atoms. The third-order valence-corrected chi connectivity index (χ3v) is 3.39. The lowest BCUT2D eigenvalue weighted by atomic mass is 10.1. The van der Waals surface area contributed by atoms with E-state index in [2.05, 4.69) is 0 Å². The Bertz CT molecular complexity index is 892. The molecule has 0 aliphatic carbocycles. The number of hydrogen-bond donors (Lipinski definition) is 2. The van der Waals surface area contributed by atoms with Crippen molar-refractivity contribution in [3.05, 3.63) is 40.2 Å². The number of alkyl halides is 3. The van der Waals surface area contributed by atoms with E-state index in [0.29, 0.717) is 6.42 Å². The minimum atomic E-state index is -4.58. The van der Waals surface area contributed by atoms with Gasteiger partial charge in [-0.05, 0) is 24.1 Å². The van der Waals surface area contributed by atoms with Crippen molar-refractivity contribution in [3.63, 3.8) is 0 Å². The minimum absolute atomic E-state index is 0.199. The summed E-state index contributed by atoms with van der Waals surface area (Å²) < 4.78 is 46.2. The maximum atomic E-state index is 12.0. The van der Waals surface area contributed by atoms with Crippen molar-refractivity contribution < 1.29 is 31.9 Å². The van der Waals surface area contributed by atoms with Gasteiger partial charge < -0.3 is 14.5 Å². The Labute approximate surface area is 151 Å².